The minimum Gasteiger partial charge on any atom is -1.00 e. The summed E-state index contributed by atoms with van der Waals surface area (Å²) in [6.07, 6.45) is 7.45. The molecule has 3 heteroatoms. The Bertz CT molecular complexity index is 135. The molecule has 2 nitrogen and oxygen atoms in total. The van der Waals surface area contributed by atoms with E-state index in [4.69, 9.17) is 4.74 Å². The van der Waals surface area contributed by atoms with Crippen molar-refractivity contribution in [2.45, 2.75) is 58.8 Å². The van der Waals surface area contributed by atoms with Gasteiger partial charge in [-0.15, -0.1) is 0 Å². The van der Waals surface area contributed by atoms with Gasteiger partial charge in [0, 0.05) is 6.42 Å². The fraction of sp³-hybridized carbons (Fsp3) is 0.909. The zero-order valence-electron chi connectivity index (χ0n) is 11.7. The fourth-order valence-electron chi connectivity index (χ4n) is 1.16. The molecular formula is C11H24CaO2. The van der Waals surface area contributed by atoms with Crippen LogP contribution in [0.15, 0.2) is 0 Å². The van der Waals surface area contributed by atoms with Gasteiger partial charge in [0.15, 0.2) is 0 Å². The van der Waals surface area contributed by atoms with E-state index in [9.17, 15) is 4.79 Å². The predicted octanol–water partition coefficient (Wildman–Crippen LogP) is 3.14. The van der Waals surface area contributed by atoms with Crippen molar-refractivity contribution in [3.63, 3.8) is 0 Å². The quantitative estimate of drug-likeness (QED) is 0.362. The second-order valence-electron chi connectivity index (χ2n) is 3.38. The molecule has 0 aliphatic rings. The molecule has 0 aromatic rings. The molecule has 0 aromatic heterocycles. The standard InChI is InChI=1S/C11H22O2.Ca.2H/c1-3-5-6-7-8-9-11(12)13-10-4-2;;;/h3-10H2,1-2H3;;;/q;+2;2*-1. The predicted molar refractivity (Wildman–Crippen MR) is 62.6 cm³/mol. The molecule has 0 bridgehead atoms. The van der Waals surface area contributed by atoms with Gasteiger partial charge < -0.3 is 7.59 Å². The second kappa shape index (κ2) is 13.7. The van der Waals surface area contributed by atoms with Crippen LogP contribution in [0.3, 0.4) is 0 Å². The van der Waals surface area contributed by atoms with Crippen LogP contribution in [-0.2, 0) is 9.53 Å². The maximum absolute atomic E-state index is 11.0. The molecule has 14 heavy (non-hydrogen) atoms. The maximum Gasteiger partial charge on any atom is 2.00 e. The SMILES string of the molecule is CCCCCCCC(=O)OCCC.[Ca+2].[H-].[H-]. The van der Waals surface area contributed by atoms with Crippen LogP contribution in [0.2, 0.25) is 0 Å². The molecule has 82 valence electrons. The van der Waals surface area contributed by atoms with Crippen LogP contribution >= 0.6 is 0 Å². The van der Waals surface area contributed by atoms with Gasteiger partial charge in [-0.05, 0) is 12.8 Å². The summed E-state index contributed by atoms with van der Waals surface area (Å²) in [5.41, 5.74) is 0. The molecule has 0 amide bonds. The Labute approximate surface area is 121 Å². The first-order valence-corrected chi connectivity index (χ1v) is 5.46. The normalized spacial score (nSPS) is 9.29. The monoisotopic (exact) mass is 228 g/mol. The summed E-state index contributed by atoms with van der Waals surface area (Å²) in [4.78, 5) is 11.0. The largest absolute Gasteiger partial charge is 2.00 e. The summed E-state index contributed by atoms with van der Waals surface area (Å²) in [5.74, 6) is -0.0293. The van der Waals surface area contributed by atoms with E-state index in [-0.39, 0.29) is 46.6 Å². The first-order chi connectivity index (χ1) is 6.31. The van der Waals surface area contributed by atoms with E-state index in [1.54, 1.807) is 0 Å². The molecule has 0 unspecified atom stereocenters. The maximum atomic E-state index is 11.0. The summed E-state index contributed by atoms with van der Waals surface area (Å²) in [6.45, 7) is 4.78. The van der Waals surface area contributed by atoms with E-state index in [1.165, 1.54) is 19.3 Å². The molecule has 0 heterocycles. The van der Waals surface area contributed by atoms with Gasteiger partial charge in [-0.25, -0.2) is 0 Å². The van der Waals surface area contributed by atoms with Crippen LogP contribution in [0, 0.1) is 0 Å². The Kier molecular flexibility index (Phi) is 16.8. The van der Waals surface area contributed by atoms with Gasteiger partial charge in [0.1, 0.15) is 0 Å². The van der Waals surface area contributed by atoms with Crippen molar-refractivity contribution >= 4 is 43.7 Å². The Morgan fingerprint density at radius 3 is 2.29 bits per heavy atom. The zero-order chi connectivity index (χ0) is 9.94. The second-order valence-corrected chi connectivity index (χ2v) is 3.38. The number of ether oxygens (including phenoxy) is 1. The van der Waals surface area contributed by atoms with Crippen molar-refractivity contribution in [1.29, 1.82) is 0 Å². The van der Waals surface area contributed by atoms with Crippen molar-refractivity contribution in [1.82, 2.24) is 0 Å². The molecule has 0 N–H and O–H groups in total. The smallest absolute Gasteiger partial charge is 1.00 e. The van der Waals surface area contributed by atoms with Gasteiger partial charge >= 0.3 is 43.7 Å². The third kappa shape index (κ3) is 12.7. The fourth-order valence-corrected chi connectivity index (χ4v) is 1.16. The zero-order valence-corrected chi connectivity index (χ0v) is 11.9. The average molecular weight is 228 g/mol. The third-order valence-corrected chi connectivity index (χ3v) is 1.95. The summed E-state index contributed by atoms with van der Waals surface area (Å²) >= 11 is 0. The average Bonchev–Trinajstić information content (AvgIpc) is 2.14. The Morgan fingerprint density at radius 1 is 1.07 bits per heavy atom. The van der Waals surface area contributed by atoms with Crippen molar-refractivity contribution in [2.24, 2.45) is 0 Å². The van der Waals surface area contributed by atoms with Gasteiger partial charge in [0.2, 0.25) is 0 Å². The first kappa shape index (κ1) is 17.1. The molecule has 0 aliphatic carbocycles. The summed E-state index contributed by atoms with van der Waals surface area (Å²) in [6, 6.07) is 0. The first-order valence-electron chi connectivity index (χ1n) is 5.46. The van der Waals surface area contributed by atoms with Crippen molar-refractivity contribution < 1.29 is 12.4 Å². The van der Waals surface area contributed by atoms with Crippen LogP contribution in [0.4, 0.5) is 0 Å². The van der Waals surface area contributed by atoms with Crippen molar-refractivity contribution in [3.05, 3.63) is 0 Å². The van der Waals surface area contributed by atoms with Gasteiger partial charge in [0.25, 0.3) is 0 Å². The van der Waals surface area contributed by atoms with Crippen LogP contribution in [-0.4, -0.2) is 50.3 Å². The molecule has 0 saturated carbocycles. The molecule has 0 radical (unpaired) electrons. The number of carbonyl (C=O) groups is 1. The van der Waals surface area contributed by atoms with E-state index >= 15 is 0 Å². The van der Waals surface area contributed by atoms with E-state index in [1.807, 2.05) is 6.92 Å². The molecule has 0 fully saturated rings. The van der Waals surface area contributed by atoms with Crippen molar-refractivity contribution in [2.75, 3.05) is 6.61 Å². The number of carbonyl (C=O) groups excluding carboxylic acids is 1. The summed E-state index contributed by atoms with van der Waals surface area (Å²) in [5, 5.41) is 0. The molecule has 0 aromatic carbocycles. The van der Waals surface area contributed by atoms with Crippen LogP contribution in [0.1, 0.15) is 61.6 Å². The van der Waals surface area contributed by atoms with Gasteiger partial charge in [-0.3, -0.25) is 4.79 Å². The summed E-state index contributed by atoms with van der Waals surface area (Å²) < 4.78 is 4.96. The number of esters is 1. The summed E-state index contributed by atoms with van der Waals surface area (Å²) in [7, 11) is 0. The molecule has 0 atom stereocenters. The molecule has 0 aliphatic heterocycles. The molecular weight excluding hydrogens is 204 g/mol. The number of unbranched alkanes of at least 4 members (excludes halogenated alkanes) is 4. The van der Waals surface area contributed by atoms with E-state index in [0.717, 1.165) is 19.3 Å². The van der Waals surface area contributed by atoms with Gasteiger partial charge in [-0.2, -0.15) is 0 Å². The van der Waals surface area contributed by atoms with E-state index < -0.39 is 0 Å². The molecule has 0 saturated heterocycles. The van der Waals surface area contributed by atoms with Crippen LogP contribution in [0.25, 0.3) is 0 Å². The Morgan fingerprint density at radius 2 is 1.71 bits per heavy atom. The minimum atomic E-state index is -0.0293. The van der Waals surface area contributed by atoms with E-state index in [2.05, 4.69) is 6.92 Å². The topological polar surface area (TPSA) is 26.3 Å². The number of hydrogen-bond acceptors (Lipinski definition) is 2. The minimum absolute atomic E-state index is 0. The number of rotatable bonds is 8. The van der Waals surface area contributed by atoms with Gasteiger partial charge in [-0.1, -0.05) is 39.5 Å². The molecule has 0 spiro atoms. The Balaban J connectivity index is -0.000000240. The number of hydrogen-bond donors (Lipinski definition) is 0. The van der Waals surface area contributed by atoms with Crippen LogP contribution in [0.5, 0.6) is 0 Å². The van der Waals surface area contributed by atoms with Gasteiger partial charge in [0.05, 0.1) is 6.61 Å². The van der Waals surface area contributed by atoms with Crippen LogP contribution < -0.4 is 0 Å². The van der Waals surface area contributed by atoms with Crippen molar-refractivity contribution in [3.8, 4) is 0 Å². The van der Waals surface area contributed by atoms with E-state index in [0.29, 0.717) is 13.0 Å². The third-order valence-electron chi connectivity index (χ3n) is 1.95. The molecule has 0 rings (SSSR count). The Hall–Kier alpha value is 0.730.